The maximum Gasteiger partial charge on any atom is 0.573 e. The molecule has 21 heavy (non-hydrogen) atoms. The Hall–Kier alpha value is -2.39. The number of halogens is 6. The number of H-pyrrole nitrogens is 1. The lowest BCUT2D eigenvalue weighted by atomic mass is 10.1. The minimum Gasteiger partial charge on any atom is -0.406 e. The second-order valence-electron chi connectivity index (χ2n) is 3.69. The van der Waals surface area contributed by atoms with Crippen LogP contribution in [0.15, 0.2) is 24.4 Å². The van der Waals surface area contributed by atoms with E-state index in [4.69, 9.17) is 0 Å². The van der Waals surface area contributed by atoms with Crippen molar-refractivity contribution in [3.05, 3.63) is 30.7 Å². The number of rotatable bonds is 3. The zero-order valence-electron chi connectivity index (χ0n) is 9.84. The van der Waals surface area contributed by atoms with E-state index in [1.165, 1.54) is 6.20 Å². The number of ether oxygens (including phenoxy) is 2. The molecule has 4 nitrogen and oxygen atoms in total. The van der Waals surface area contributed by atoms with Crippen LogP contribution in [-0.2, 0) is 0 Å². The van der Waals surface area contributed by atoms with Crippen molar-refractivity contribution in [2.75, 3.05) is 0 Å². The molecule has 1 aromatic heterocycles. The van der Waals surface area contributed by atoms with Gasteiger partial charge in [-0.1, -0.05) is 0 Å². The van der Waals surface area contributed by atoms with E-state index in [0.29, 0.717) is 6.07 Å². The molecule has 0 amide bonds. The van der Waals surface area contributed by atoms with E-state index in [9.17, 15) is 26.3 Å². The monoisotopic (exact) mass is 311 g/mol. The second-order valence-corrected chi connectivity index (χ2v) is 3.69. The van der Waals surface area contributed by atoms with E-state index in [2.05, 4.69) is 25.8 Å². The average molecular weight is 311 g/mol. The van der Waals surface area contributed by atoms with Gasteiger partial charge in [0.2, 0.25) is 0 Å². The minimum absolute atomic E-state index is 0.0616. The Morgan fingerprint density at radius 1 is 0.905 bits per heavy atom. The zero-order chi connectivity index (χ0) is 15.7. The molecule has 1 N–H and O–H groups in total. The van der Waals surface area contributed by atoms with E-state index < -0.39 is 24.2 Å². The molecule has 2 rings (SSSR count). The Kier molecular flexibility index (Phi) is 3.71. The molecule has 1 aromatic carbocycles. The Labute approximate surface area is 113 Å². The highest BCUT2D eigenvalue weighted by Gasteiger charge is 2.34. The molecule has 10 heteroatoms. The fourth-order valence-corrected chi connectivity index (χ4v) is 1.48. The highest BCUT2D eigenvalue weighted by atomic mass is 19.4. The minimum atomic E-state index is -5.05. The van der Waals surface area contributed by atoms with Crippen LogP contribution in [0, 0.1) is 6.33 Å². The molecule has 0 aliphatic heterocycles. The third kappa shape index (κ3) is 4.58. The standard InChI is InChI=1S/C11H5F6N2O2/c12-10(13,14)20-7-1-6(9-4-18-5-19-9)2-8(3-7)21-11(15,16)17/h1-4H,(H,18,19). The molecule has 0 aliphatic carbocycles. The van der Waals surface area contributed by atoms with Crippen molar-refractivity contribution in [3.8, 4) is 22.8 Å². The summed E-state index contributed by atoms with van der Waals surface area (Å²) in [4.78, 5) is 6.01. The van der Waals surface area contributed by atoms with Crippen LogP contribution >= 0.6 is 0 Å². The van der Waals surface area contributed by atoms with Gasteiger partial charge in [-0.05, 0) is 12.1 Å². The van der Waals surface area contributed by atoms with E-state index in [1.54, 1.807) is 0 Å². The summed E-state index contributed by atoms with van der Waals surface area (Å²) in [7, 11) is 0. The zero-order valence-corrected chi connectivity index (χ0v) is 9.84. The molecule has 0 aliphatic rings. The first-order valence-electron chi connectivity index (χ1n) is 5.21. The Balaban J connectivity index is 2.41. The Bertz CT molecular complexity index is 572. The summed E-state index contributed by atoms with van der Waals surface area (Å²) in [5, 5.41) is 0. The molecular formula is C11H5F6N2O2. The molecule has 0 saturated heterocycles. The first kappa shape index (κ1) is 15.0. The van der Waals surface area contributed by atoms with Crippen LogP contribution in [0.2, 0.25) is 0 Å². The maximum absolute atomic E-state index is 12.2. The van der Waals surface area contributed by atoms with E-state index >= 15 is 0 Å². The summed E-state index contributed by atoms with van der Waals surface area (Å²) in [6.07, 6.45) is -6.60. The van der Waals surface area contributed by atoms with Crippen molar-refractivity contribution in [2.45, 2.75) is 12.7 Å². The third-order valence-electron chi connectivity index (χ3n) is 2.09. The largest absolute Gasteiger partial charge is 0.573 e. The van der Waals surface area contributed by atoms with Gasteiger partial charge in [-0.3, -0.25) is 0 Å². The van der Waals surface area contributed by atoms with Gasteiger partial charge in [0.1, 0.15) is 11.5 Å². The fourth-order valence-electron chi connectivity index (χ4n) is 1.48. The number of hydrogen-bond donors (Lipinski definition) is 1. The lowest BCUT2D eigenvalue weighted by Gasteiger charge is -2.13. The molecule has 0 unspecified atom stereocenters. The van der Waals surface area contributed by atoms with Crippen LogP contribution in [0.4, 0.5) is 26.3 Å². The van der Waals surface area contributed by atoms with Crippen molar-refractivity contribution in [1.82, 2.24) is 9.97 Å². The first-order chi connectivity index (χ1) is 9.62. The number of nitrogens with one attached hydrogen (secondary N) is 1. The smallest absolute Gasteiger partial charge is 0.406 e. The summed E-state index contributed by atoms with van der Waals surface area (Å²) in [6, 6.07) is 2.22. The van der Waals surface area contributed by atoms with Crippen LogP contribution in [0.25, 0.3) is 11.3 Å². The highest BCUT2D eigenvalue weighted by molar-refractivity contribution is 5.63. The molecule has 0 saturated carbocycles. The normalized spacial score (nSPS) is 12.3. The van der Waals surface area contributed by atoms with Gasteiger partial charge < -0.3 is 14.5 Å². The number of alkyl halides is 6. The topological polar surface area (TPSA) is 47.1 Å². The van der Waals surface area contributed by atoms with E-state index in [0.717, 1.165) is 12.1 Å². The molecule has 1 heterocycles. The van der Waals surface area contributed by atoms with Gasteiger partial charge in [0.25, 0.3) is 0 Å². The molecule has 113 valence electrons. The van der Waals surface area contributed by atoms with E-state index in [1.807, 2.05) is 0 Å². The van der Waals surface area contributed by atoms with Crippen LogP contribution in [-0.4, -0.2) is 22.7 Å². The molecule has 0 atom stereocenters. The number of aromatic amines is 1. The Morgan fingerprint density at radius 2 is 1.43 bits per heavy atom. The van der Waals surface area contributed by atoms with Crippen LogP contribution in [0.3, 0.4) is 0 Å². The molecule has 1 radical (unpaired) electrons. The molecule has 0 spiro atoms. The summed E-state index contributed by atoms with van der Waals surface area (Å²) < 4.78 is 80.2. The number of hydrogen-bond acceptors (Lipinski definition) is 3. The molecule has 2 aromatic rings. The van der Waals surface area contributed by atoms with Crippen molar-refractivity contribution >= 4 is 0 Å². The maximum atomic E-state index is 12.2. The number of aromatic nitrogens is 2. The first-order valence-corrected chi connectivity index (χ1v) is 5.21. The lowest BCUT2D eigenvalue weighted by Crippen LogP contribution is -2.19. The summed E-state index contributed by atoms with van der Waals surface area (Å²) in [5.74, 6) is -1.72. The van der Waals surface area contributed by atoms with Crippen molar-refractivity contribution in [3.63, 3.8) is 0 Å². The number of imidazole rings is 1. The van der Waals surface area contributed by atoms with Crippen molar-refractivity contribution < 1.29 is 35.8 Å². The SMILES string of the molecule is FC(F)(F)Oc1cc(OC(F)(F)F)cc(-c2c[nH][c]n2)c1. The second kappa shape index (κ2) is 5.19. The van der Waals surface area contributed by atoms with Crippen molar-refractivity contribution in [1.29, 1.82) is 0 Å². The number of benzene rings is 1. The van der Waals surface area contributed by atoms with E-state index in [-0.39, 0.29) is 11.3 Å². The average Bonchev–Trinajstić information content (AvgIpc) is 2.76. The summed E-state index contributed by atoms with van der Waals surface area (Å²) in [6.45, 7) is 0. The summed E-state index contributed by atoms with van der Waals surface area (Å²) >= 11 is 0. The van der Waals surface area contributed by atoms with Gasteiger partial charge in [0.05, 0.1) is 5.69 Å². The lowest BCUT2D eigenvalue weighted by molar-refractivity contribution is -0.276. The molecule has 0 bridgehead atoms. The van der Waals surface area contributed by atoms with Gasteiger partial charge in [-0.2, -0.15) is 0 Å². The van der Waals surface area contributed by atoms with Crippen LogP contribution in [0.5, 0.6) is 11.5 Å². The fraction of sp³-hybridized carbons (Fsp3) is 0.182. The predicted octanol–water partition coefficient (Wildman–Crippen LogP) is 3.67. The van der Waals surface area contributed by atoms with Gasteiger partial charge in [-0.25, -0.2) is 4.98 Å². The van der Waals surface area contributed by atoms with Gasteiger partial charge in [0, 0.05) is 17.8 Å². The van der Waals surface area contributed by atoms with Crippen LogP contribution < -0.4 is 9.47 Å². The van der Waals surface area contributed by atoms with Crippen LogP contribution in [0.1, 0.15) is 0 Å². The molecule has 0 fully saturated rings. The quantitative estimate of drug-likeness (QED) is 0.880. The van der Waals surface area contributed by atoms with Crippen molar-refractivity contribution in [2.24, 2.45) is 0 Å². The summed E-state index contributed by atoms with van der Waals surface area (Å²) in [5.41, 5.74) is 0.0168. The van der Waals surface area contributed by atoms with Gasteiger partial charge >= 0.3 is 12.7 Å². The number of nitrogens with zero attached hydrogens (tertiary/aromatic N) is 1. The predicted molar refractivity (Wildman–Crippen MR) is 56.2 cm³/mol. The Morgan fingerprint density at radius 3 is 1.81 bits per heavy atom. The molecular weight excluding hydrogens is 306 g/mol. The highest BCUT2D eigenvalue weighted by Crippen LogP contribution is 2.34. The van der Waals surface area contributed by atoms with Gasteiger partial charge in [0.15, 0.2) is 6.33 Å². The van der Waals surface area contributed by atoms with Gasteiger partial charge in [-0.15, -0.1) is 26.3 Å². The third-order valence-corrected chi connectivity index (χ3v) is 2.09.